The van der Waals surface area contributed by atoms with Crippen LogP contribution in [0.15, 0.2) is 29.4 Å². The molecule has 1 atom stereocenters. The van der Waals surface area contributed by atoms with Crippen LogP contribution < -0.4 is 11.1 Å². The van der Waals surface area contributed by atoms with Gasteiger partial charge in [-0.1, -0.05) is 23.9 Å². The van der Waals surface area contributed by atoms with Crippen LogP contribution in [0.3, 0.4) is 0 Å². The van der Waals surface area contributed by atoms with Gasteiger partial charge in [0, 0.05) is 0 Å². The van der Waals surface area contributed by atoms with E-state index in [1.54, 1.807) is 6.92 Å². The highest BCUT2D eigenvalue weighted by Gasteiger charge is 2.20. The smallest absolute Gasteiger partial charge is 0.318 e. The molecule has 1 heterocycles. The lowest BCUT2D eigenvalue weighted by molar-refractivity contribution is -0.119. The van der Waals surface area contributed by atoms with Gasteiger partial charge in [0.15, 0.2) is 0 Å². The maximum Gasteiger partial charge on any atom is 0.318 e. The molecule has 0 aliphatic carbocycles. The Balaban J connectivity index is 2.17. The minimum atomic E-state index is -0.884. The van der Waals surface area contributed by atoms with Crippen molar-refractivity contribution in [3.05, 3.63) is 29.8 Å². The molecule has 21 heavy (non-hydrogen) atoms. The van der Waals surface area contributed by atoms with E-state index in [2.05, 4.69) is 15.5 Å². The number of aromatic nitrogens is 4. The molecule has 1 aromatic heterocycles. The van der Waals surface area contributed by atoms with Crippen molar-refractivity contribution in [2.75, 3.05) is 0 Å². The highest BCUT2D eigenvalue weighted by molar-refractivity contribution is 8.00. The summed E-state index contributed by atoms with van der Waals surface area (Å²) < 4.78 is 1.53. The van der Waals surface area contributed by atoms with Crippen LogP contribution in [0.1, 0.15) is 12.5 Å². The molecule has 1 unspecified atom stereocenters. The summed E-state index contributed by atoms with van der Waals surface area (Å²) in [6.45, 7) is 3.60. The first-order chi connectivity index (χ1) is 9.97. The number of nitrogens with zero attached hydrogens (tertiary/aromatic N) is 4. The van der Waals surface area contributed by atoms with Crippen molar-refractivity contribution in [3.63, 3.8) is 0 Å². The van der Waals surface area contributed by atoms with E-state index in [0.717, 1.165) is 23.0 Å². The quantitative estimate of drug-likeness (QED) is 0.801. The number of nitrogens with two attached hydrogens (primary N) is 1. The molecule has 0 spiro atoms. The normalized spacial score (nSPS) is 11.9. The Hall–Kier alpha value is -2.42. The zero-order valence-corrected chi connectivity index (χ0v) is 12.3. The number of tetrazole rings is 1. The molecule has 0 aliphatic rings. The Kier molecular flexibility index (Phi) is 4.53. The first-order valence-corrected chi connectivity index (χ1v) is 6.97. The Morgan fingerprint density at radius 3 is 2.86 bits per heavy atom. The molecule has 110 valence electrons. The Morgan fingerprint density at radius 2 is 2.19 bits per heavy atom. The van der Waals surface area contributed by atoms with E-state index in [0.29, 0.717) is 5.16 Å². The molecule has 9 heteroatoms. The molecule has 0 aliphatic heterocycles. The molecule has 0 saturated carbocycles. The van der Waals surface area contributed by atoms with Crippen LogP contribution in [0, 0.1) is 6.92 Å². The molecule has 8 nitrogen and oxygen atoms in total. The standard InChI is InChI=1S/C12H14N6O2S/c1-7-4-3-5-9(6-7)18-12(15-16-17-18)21-8(2)10(19)14-11(13)20/h3-6,8H,1-2H3,(H3,13,14,19,20). The number of rotatable bonds is 4. The van der Waals surface area contributed by atoms with Crippen molar-refractivity contribution in [2.45, 2.75) is 24.3 Å². The summed E-state index contributed by atoms with van der Waals surface area (Å²) in [7, 11) is 0. The number of nitrogens with one attached hydrogen (secondary N) is 1. The third kappa shape index (κ3) is 3.78. The molecule has 3 N–H and O–H groups in total. The van der Waals surface area contributed by atoms with Crippen molar-refractivity contribution >= 4 is 23.7 Å². The lowest BCUT2D eigenvalue weighted by atomic mass is 10.2. The fraction of sp³-hybridized carbons (Fsp3) is 0.250. The van der Waals surface area contributed by atoms with Gasteiger partial charge in [-0.3, -0.25) is 10.1 Å². The second kappa shape index (κ2) is 6.35. The summed E-state index contributed by atoms with van der Waals surface area (Å²) >= 11 is 1.13. The molecule has 0 bridgehead atoms. The SMILES string of the molecule is Cc1cccc(-n2nnnc2SC(C)C(=O)NC(N)=O)c1. The maximum atomic E-state index is 11.7. The van der Waals surface area contributed by atoms with Gasteiger partial charge >= 0.3 is 6.03 Å². The number of carbonyl (C=O) groups excluding carboxylic acids is 2. The summed E-state index contributed by atoms with van der Waals surface area (Å²) in [5, 5.41) is 13.3. The molecular weight excluding hydrogens is 292 g/mol. The molecule has 0 fully saturated rings. The van der Waals surface area contributed by atoms with Crippen LogP contribution in [0.25, 0.3) is 5.69 Å². The Labute approximate surface area is 125 Å². The number of aryl methyl sites for hydroxylation is 1. The van der Waals surface area contributed by atoms with Gasteiger partial charge in [0.05, 0.1) is 10.9 Å². The van der Waals surface area contributed by atoms with E-state index in [4.69, 9.17) is 5.73 Å². The van der Waals surface area contributed by atoms with Crippen LogP contribution in [-0.2, 0) is 4.79 Å². The minimum Gasteiger partial charge on any atom is -0.351 e. The highest BCUT2D eigenvalue weighted by atomic mass is 32.2. The first kappa shape index (κ1) is 15.0. The molecule has 2 aromatic rings. The number of urea groups is 1. The zero-order valence-electron chi connectivity index (χ0n) is 11.5. The van der Waals surface area contributed by atoms with Crippen molar-refractivity contribution < 1.29 is 9.59 Å². The predicted molar refractivity (Wildman–Crippen MR) is 76.9 cm³/mol. The molecular formula is C12H14N6O2S. The van der Waals surface area contributed by atoms with Gasteiger partial charge in [0.25, 0.3) is 0 Å². The number of carbonyl (C=O) groups is 2. The number of imide groups is 1. The molecule has 1 aromatic carbocycles. The van der Waals surface area contributed by atoms with Crippen molar-refractivity contribution in [1.82, 2.24) is 25.5 Å². The number of thioether (sulfide) groups is 1. The largest absolute Gasteiger partial charge is 0.351 e. The number of primary amides is 1. The lowest BCUT2D eigenvalue weighted by Crippen LogP contribution is -2.39. The van der Waals surface area contributed by atoms with Gasteiger partial charge in [-0.2, -0.15) is 4.68 Å². The Bertz CT molecular complexity index is 671. The molecule has 3 amide bonds. The highest BCUT2D eigenvalue weighted by Crippen LogP contribution is 2.23. The van der Waals surface area contributed by atoms with Gasteiger partial charge in [0.1, 0.15) is 0 Å². The first-order valence-electron chi connectivity index (χ1n) is 6.09. The van der Waals surface area contributed by atoms with Crippen LogP contribution >= 0.6 is 11.8 Å². The Morgan fingerprint density at radius 1 is 1.43 bits per heavy atom. The summed E-state index contributed by atoms with van der Waals surface area (Å²) in [5.74, 6) is -0.494. The van der Waals surface area contributed by atoms with Gasteiger partial charge < -0.3 is 5.73 Å². The summed E-state index contributed by atoms with van der Waals surface area (Å²) in [6.07, 6.45) is 0. The maximum absolute atomic E-state index is 11.7. The van der Waals surface area contributed by atoms with E-state index in [-0.39, 0.29) is 0 Å². The molecule has 2 rings (SSSR count). The van der Waals surface area contributed by atoms with Crippen molar-refractivity contribution in [1.29, 1.82) is 0 Å². The molecule has 0 radical (unpaired) electrons. The van der Waals surface area contributed by atoms with E-state index in [9.17, 15) is 9.59 Å². The summed E-state index contributed by atoms with van der Waals surface area (Å²) in [6, 6.07) is 6.76. The van der Waals surface area contributed by atoms with Gasteiger partial charge in [-0.15, -0.1) is 5.10 Å². The lowest BCUT2D eigenvalue weighted by Gasteiger charge is -2.10. The van der Waals surface area contributed by atoms with Crippen molar-refractivity contribution in [3.8, 4) is 5.69 Å². The number of amides is 3. The van der Waals surface area contributed by atoms with E-state index < -0.39 is 17.2 Å². The minimum absolute atomic E-state index is 0.452. The van der Waals surface area contributed by atoms with E-state index >= 15 is 0 Å². The second-order valence-electron chi connectivity index (χ2n) is 4.33. The van der Waals surface area contributed by atoms with Gasteiger partial charge in [-0.05, 0) is 42.0 Å². The molecule has 0 saturated heterocycles. The fourth-order valence-corrected chi connectivity index (χ4v) is 2.42. The van der Waals surface area contributed by atoms with Crippen LogP contribution in [-0.4, -0.2) is 37.4 Å². The van der Waals surface area contributed by atoms with Gasteiger partial charge in [0.2, 0.25) is 11.1 Å². The third-order valence-corrected chi connectivity index (χ3v) is 3.62. The van der Waals surface area contributed by atoms with Crippen LogP contribution in [0.2, 0.25) is 0 Å². The topological polar surface area (TPSA) is 116 Å². The number of hydrogen-bond acceptors (Lipinski definition) is 6. The predicted octanol–water partition coefficient (Wildman–Crippen LogP) is 0.646. The van der Waals surface area contributed by atoms with E-state index in [1.165, 1.54) is 4.68 Å². The number of benzene rings is 1. The van der Waals surface area contributed by atoms with Gasteiger partial charge in [-0.25, -0.2) is 4.79 Å². The monoisotopic (exact) mass is 306 g/mol. The zero-order chi connectivity index (χ0) is 15.4. The average Bonchev–Trinajstić information content (AvgIpc) is 2.86. The van der Waals surface area contributed by atoms with Crippen LogP contribution in [0.5, 0.6) is 0 Å². The van der Waals surface area contributed by atoms with Crippen LogP contribution in [0.4, 0.5) is 4.79 Å². The van der Waals surface area contributed by atoms with E-state index in [1.807, 2.05) is 36.5 Å². The second-order valence-corrected chi connectivity index (χ2v) is 5.63. The average molecular weight is 306 g/mol. The summed E-state index contributed by atoms with van der Waals surface area (Å²) in [5.41, 5.74) is 6.78. The third-order valence-electron chi connectivity index (χ3n) is 2.58. The fourth-order valence-electron chi connectivity index (χ4n) is 1.61. The van der Waals surface area contributed by atoms with Crippen molar-refractivity contribution in [2.24, 2.45) is 5.73 Å². The number of hydrogen-bond donors (Lipinski definition) is 2. The summed E-state index contributed by atoms with van der Waals surface area (Å²) in [4.78, 5) is 22.3.